The normalized spacial score (nSPS) is 14.4. The quantitative estimate of drug-likeness (QED) is 0.586. The maximum Gasteiger partial charge on any atom is 0.226 e. The van der Waals surface area contributed by atoms with Crippen LogP contribution in [-0.2, 0) is 16.1 Å². The third kappa shape index (κ3) is 6.19. The fourth-order valence-electron chi connectivity index (χ4n) is 3.54. The van der Waals surface area contributed by atoms with Gasteiger partial charge in [-0.25, -0.2) is 0 Å². The second-order valence-corrected chi connectivity index (χ2v) is 8.19. The number of rotatable bonds is 9. The standard InChI is InChI=1S/C23H28N2O3S/c1-2-13-25(18-21-9-6-17-29-21)23(27)19-10-14-24(15-11-19)22(26)12-16-28-20-7-4-3-5-8-20/h2-9,17,19H,1,10-16,18H2. The Labute approximate surface area is 176 Å². The summed E-state index contributed by atoms with van der Waals surface area (Å²) in [5, 5.41) is 2.03. The predicted molar refractivity (Wildman–Crippen MR) is 116 cm³/mol. The van der Waals surface area contributed by atoms with Crippen LogP contribution in [0.1, 0.15) is 24.1 Å². The van der Waals surface area contributed by atoms with Crippen LogP contribution in [0.3, 0.4) is 0 Å². The largest absolute Gasteiger partial charge is 0.493 e. The highest BCUT2D eigenvalue weighted by molar-refractivity contribution is 7.09. The summed E-state index contributed by atoms with van der Waals surface area (Å²) in [6.45, 7) is 6.58. The molecule has 1 aliphatic rings. The molecule has 1 saturated heterocycles. The lowest BCUT2D eigenvalue weighted by Gasteiger charge is -2.34. The highest BCUT2D eigenvalue weighted by Gasteiger charge is 2.30. The lowest BCUT2D eigenvalue weighted by Crippen LogP contribution is -2.44. The van der Waals surface area contributed by atoms with E-state index in [9.17, 15) is 9.59 Å². The summed E-state index contributed by atoms with van der Waals surface area (Å²) in [5.41, 5.74) is 0. The van der Waals surface area contributed by atoms with E-state index in [1.165, 1.54) is 4.88 Å². The summed E-state index contributed by atoms with van der Waals surface area (Å²) < 4.78 is 5.62. The van der Waals surface area contributed by atoms with Crippen molar-refractivity contribution in [3.8, 4) is 5.75 Å². The Morgan fingerprint density at radius 2 is 1.93 bits per heavy atom. The van der Waals surface area contributed by atoms with Crippen molar-refractivity contribution < 1.29 is 14.3 Å². The van der Waals surface area contributed by atoms with Crippen molar-refractivity contribution in [1.29, 1.82) is 0 Å². The number of thiophene rings is 1. The van der Waals surface area contributed by atoms with E-state index in [0.717, 1.165) is 5.75 Å². The first-order valence-corrected chi connectivity index (χ1v) is 10.9. The zero-order valence-electron chi connectivity index (χ0n) is 16.7. The molecule has 3 rings (SSSR count). The van der Waals surface area contributed by atoms with Crippen molar-refractivity contribution in [3.05, 3.63) is 65.4 Å². The summed E-state index contributed by atoms with van der Waals surface area (Å²) in [5.74, 6) is 1.00. The number of carbonyl (C=O) groups is 2. The fourth-order valence-corrected chi connectivity index (χ4v) is 4.26. The van der Waals surface area contributed by atoms with Crippen LogP contribution >= 0.6 is 11.3 Å². The molecule has 0 unspecified atom stereocenters. The summed E-state index contributed by atoms with van der Waals surface area (Å²) >= 11 is 1.66. The van der Waals surface area contributed by atoms with Crippen LogP contribution in [0.15, 0.2) is 60.5 Å². The van der Waals surface area contributed by atoms with Gasteiger partial charge in [-0.2, -0.15) is 0 Å². The van der Waals surface area contributed by atoms with Gasteiger partial charge in [-0.05, 0) is 36.4 Å². The Kier molecular flexibility index (Phi) is 7.87. The van der Waals surface area contributed by atoms with E-state index >= 15 is 0 Å². The minimum Gasteiger partial charge on any atom is -0.493 e. The first-order valence-electron chi connectivity index (χ1n) is 10.0. The topological polar surface area (TPSA) is 49.9 Å². The molecule has 2 aromatic rings. The first-order chi connectivity index (χ1) is 14.2. The van der Waals surface area contributed by atoms with Crippen molar-refractivity contribution in [2.45, 2.75) is 25.8 Å². The Morgan fingerprint density at radius 1 is 1.17 bits per heavy atom. The van der Waals surface area contributed by atoms with E-state index in [1.54, 1.807) is 17.4 Å². The van der Waals surface area contributed by atoms with Crippen LogP contribution in [-0.4, -0.2) is 47.9 Å². The van der Waals surface area contributed by atoms with E-state index in [4.69, 9.17) is 4.74 Å². The molecule has 1 fully saturated rings. The predicted octanol–water partition coefficient (Wildman–Crippen LogP) is 3.97. The molecule has 29 heavy (non-hydrogen) atoms. The molecule has 0 aliphatic carbocycles. The number of hydrogen-bond acceptors (Lipinski definition) is 4. The molecule has 1 aromatic carbocycles. The molecule has 0 atom stereocenters. The molecule has 154 valence electrons. The number of piperidine rings is 1. The van der Waals surface area contributed by atoms with Gasteiger partial charge in [-0.3, -0.25) is 9.59 Å². The molecule has 1 aliphatic heterocycles. The van der Waals surface area contributed by atoms with Gasteiger partial charge in [0, 0.05) is 30.4 Å². The van der Waals surface area contributed by atoms with Gasteiger partial charge in [0.1, 0.15) is 5.75 Å². The molecule has 0 bridgehead atoms. The number of carbonyl (C=O) groups excluding carboxylic acids is 2. The monoisotopic (exact) mass is 412 g/mol. The van der Waals surface area contributed by atoms with E-state index in [-0.39, 0.29) is 17.7 Å². The van der Waals surface area contributed by atoms with E-state index in [1.807, 2.05) is 57.6 Å². The van der Waals surface area contributed by atoms with Crippen molar-refractivity contribution in [2.24, 2.45) is 5.92 Å². The van der Waals surface area contributed by atoms with Gasteiger partial charge in [-0.15, -0.1) is 17.9 Å². The molecule has 6 heteroatoms. The maximum atomic E-state index is 13.0. The summed E-state index contributed by atoms with van der Waals surface area (Å²) in [6, 6.07) is 13.6. The van der Waals surface area contributed by atoms with Gasteiger partial charge >= 0.3 is 0 Å². The minimum absolute atomic E-state index is 0.0282. The third-order valence-corrected chi connectivity index (χ3v) is 5.97. The van der Waals surface area contributed by atoms with E-state index in [0.29, 0.717) is 52.0 Å². The lowest BCUT2D eigenvalue weighted by molar-refractivity contribution is -0.141. The van der Waals surface area contributed by atoms with Crippen LogP contribution in [0.5, 0.6) is 5.75 Å². The Bertz CT molecular complexity index is 784. The zero-order valence-corrected chi connectivity index (χ0v) is 17.5. The Hall–Kier alpha value is -2.60. The molecule has 2 amide bonds. The smallest absolute Gasteiger partial charge is 0.226 e. The Balaban J connectivity index is 1.44. The summed E-state index contributed by atoms with van der Waals surface area (Å²) in [4.78, 5) is 30.3. The number of para-hydroxylation sites is 1. The highest BCUT2D eigenvalue weighted by Crippen LogP contribution is 2.22. The van der Waals surface area contributed by atoms with Gasteiger partial charge < -0.3 is 14.5 Å². The second kappa shape index (κ2) is 10.8. The van der Waals surface area contributed by atoms with Crippen molar-refractivity contribution in [3.63, 3.8) is 0 Å². The molecule has 5 nitrogen and oxygen atoms in total. The highest BCUT2D eigenvalue weighted by atomic mass is 32.1. The van der Waals surface area contributed by atoms with Crippen molar-refractivity contribution >= 4 is 23.2 Å². The number of nitrogens with zero attached hydrogens (tertiary/aromatic N) is 2. The first kappa shape index (κ1) is 21.1. The van der Waals surface area contributed by atoms with E-state index in [2.05, 4.69) is 6.58 Å². The average Bonchev–Trinajstić information content (AvgIpc) is 3.27. The number of hydrogen-bond donors (Lipinski definition) is 0. The van der Waals surface area contributed by atoms with Crippen molar-refractivity contribution in [2.75, 3.05) is 26.2 Å². The van der Waals surface area contributed by atoms with Crippen LogP contribution in [0.2, 0.25) is 0 Å². The number of amides is 2. The number of likely N-dealkylation sites (tertiary alicyclic amines) is 1. The molecule has 0 spiro atoms. The van der Waals surface area contributed by atoms with Crippen LogP contribution < -0.4 is 4.74 Å². The molecule has 0 N–H and O–H groups in total. The van der Waals surface area contributed by atoms with Gasteiger partial charge in [0.25, 0.3) is 0 Å². The minimum atomic E-state index is -0.0282. The Morgan fingerprint density at radius 3 is 2.59 bits per heavy atom. The molecular formula is C23H28N2O3S. The number of ether oxygens (including phenoxy) is 1. The van der Waals surface area contributed by atoms with Crippen LogP contribution in [0.4, 0.5) is 0 Å². The SMILES string of the molecule is C=CCN(Cc1cccs1)C(=O)C1CCN(C(=O)CCOc2ccccc2)CC1. The molecule has 0 radical (unpaired) electrons. The maximum absolute atomic E-state index is 13.0. The van der Waals surface area contributed by atoms with Gasteiger partial charge in [0.2, 0.25) is 11.8 Å². The molecule has 2 heterocycles. The van der Waals surface area contributed by atoms with Gasteiger partial charge in [0.05, 0.1) is 19.6 Å². The zero-order chi connectivity index (χ0) is 20.5. The third-order valence-electron chi connectivity index (χ3n) is 5.11. The van der Waals surface area contributed by atoms with Gasteiger partial charge in [-0.1, -0.05) is 30.3 Å². The van der Waals surface area contributed by atoms with Gasteiger partial charge in [0.15, 0.2) is 0 Å². The average molecular weight is 413 g/mol. The van der Waals surface area contributed by atoms with E-state index < -0.39 is 0 Å². The van der Waals surface area contributed by atoms with Crippen molar-refractivity contribution in [1.82, 2.24) is 9.80 Å². The second-order valence-electron chi connectivity index (χ2n) is 7.15. The van der Waals surface area contributed by atoms with Crippen LogP contribution in [0.25, 0.3) is 0 Å². The lowest BCUT2D eigenvalue weighted by atomic mass is 9.95. The summed E-state index contributed by atoms with van der Waals surface area (Å²) in [6.07, 6.45) is 3.55. The number of benzene rings is 1. The molecular weight excluding hydrogens is 384 g/mol. The molecule has 0 saturated carbocycles. The molecule has 1 aromatic heterocycles. The summed E-state index contributed by atoms with van der Waals surface area (Å²) in [7, 11) is 0. The van der Waals surface area contributed by atoms with Crippen LogP contribution in [0, 0.1) is 5.92 Å². The fraction of sp³-hybridized carbons (Fsp3) is 0.391.